The number of nitrogens with zero attached hydrogens (tertiary/aromatic N) is 1. The molecule has 1 unspecified atom stereocenters. The van der Waals surface area contributed by atoms with E-state index in [9.17, 15) is 23.1 Å². The van der Waals surface area contributed by atoms with Crippen molar-refractivity contribution in [2.45, 2.75) is 45.6 Å². The van der Waals surface area contributed by atoms with Crippen molar-refractivity contribution < 1.29 is 27.9 Å². The zero-order valence-electron chi connectivity index (χ0n) is 18.5. The molecule has 32 heavy (non-hydrogen) atoms. The van der Waals surface area contributed by atoms with Crippen molar-refractivity contribution >= 4 is 38.2 Å². The van der Waals surface area contributed by atoms with Gasteiger partial charge in [0.15, 0.2) is 5.75 Å². The van der Waals surface area contributed by atoms with Crippen LogP contribution in [-0.2, 0) is 14.6 Å². The Morgan fingerprint density at radius 2 is 1.81 bits per heavy atom. The van der Waals surface area contributed by atoms with Crippen molar-refractivity contribution in [1.29, 1.82) is 0 Å². The third-order valence-electron chi connectivity index (χ3n) is 5.74. The van der Waals surface area contributed by atoms with Gasteiger partial charge < -0.3 is 9.84 Å². The van der Waals surface area contributed by atoms with E-state index in [-0.39, 0.29) is 23.3 Å². The van der Waals surface area contributed by atoms with Crippen LogP contribution in [0.4, 0.5) is 9.80 Å². The first-order valence-corrected chi connectivity index (χ1v) is 13.5. The van der Waals surface area contributed by atoms with Gasteiger partial charge in [-0.15, -0.1) is 11.3 Å². The van der Waals surface area contributed by atoms with Crippen LogP contribution < -0.4 is 9.64 Å². The van der Waals surface area contributed by atoms with E-state index in [1.165, 1.54) is 16.2 Å². The molecule has 174 valence electrons. The molecule has 0 spiro atoms. The lowest BCUT2D eigenvalue weighted by molar-refractivity contribution is -0.123. The van der Waals surface area contributed by atoms with Crippen LogP contribution >= 0.6 is 11.3 Å². The van der Waals surface area contributed by atoms with Gasteiger partial charge in [0, 0.05) is 29.2 Å². The molecule has 9 heteroatoms. The number of carboxylic acid groups (broad SMARTS) is 1. The predicted molar refractivity (Wildman–Crippen MR) is 126 cm³/mol. The largest absolute Gasteiger partial charge is 0.511 e. The summed E-state index contributed by atoms with van der Waals surface area (Å²) >= 11 is 1.23. The highest BCUT2D eigenvalue weighted by Crippen LogP contribution is 2.45. The number of ether oxygens (including phenoxy) is 1. The minimum atomic E-state index is -3.38. The lowest BCUT2D eigenvalue weighted by atomic mass is 9.82. The van der Waals surface area contributed by atoms with Gasteiger partial charge in [0.25, 0.3) is 0 Å². The number of hydrogen-bond acceptors (Lipinski definition) is 6. The van der Waals surface area contributed by atoms with E-state index in [0.29, 0.717) is 10.9 Å². The maximum Gasteiger partial charge on any atom is 0.511 e. The number of carbonyl (C=O) groups excluding carboxylic acids is 1. The lowest BCUT2D eigenvalue weighted by Gasteiger charge is -2.34. The number of carbonyl (C=O) groups is 2. The summed E-state index contributed by atoms with van der Waals surface area (Å²) in [6.07, 6.45) is 2.97. The van der Waals surface area contributed by atoms with Crippen molar-refractivity contribution in [2.75, 3.05) is 16.9 Å². The molecular weight excluding hydrogens is 450 g/mol. The van der Waals surface area contributed by atoms with Crippen LogP contribution in [-0.4, -0.2) is 43.6 Å². The van der Waals surface area contributed by atoms with Gasteiger partial charge in [0.1, 0.15) is 14.8 Å². The van der Waals surface area contributed by atoms with Gasteiger partial charge in [-0.2, -0.15) is 0 Å². The van der Waals surface area contributed by atoms with Crippen molar-refractivity contribution in [1.82, 2.24) is 0 Å². The first kappa shape index (κ1) is 24.3. The predicted octanol–water partition coefficient (Wildman–Crippen LogP) is 5.06. The fourth-order valence-corrected chi connectivity index (χ4v) is 6.40. The molecule has 0 aliphatic heterocycles. The van der Waals surface area contributed by atoms with Gasteiger partial charge >= 0.3 is 6.16 Å². The van der Waals surface area contributed by atoms with Crippen molar-refractivity contribution in [2.24, 2.45) is 11.8 Å². The number of anilines is 1. The first-order chi connectivity index (χ1) is 15.0. The Morgan fingerprint density at radius 1 is 1.19 bits per heavy atom. The van der Waals surface area contributed by atoms with Gasteiger partial charge in [-0.25, -0.2) is 13.2 Å². The smallest absolute Gasteiger partial charge is 0.449 e. The molecular formula is C23H29NO6S2. The Morgan fingerprint density at radius 3 is 2.38 bits per heavy atom. The fourth-order valence-electron chi connectivity index (χ4n) is 4.18. The van der Waals surface area contributed by atoms with Gasteiger partial charge in [-0.05, 0) is 44.1 Å². The zero-order valence-corrected chi connectivity index (χ0v) is 20.1. The summed E-state index contributed by atoms with van der Waals surface area (Å²) in [7, 11) is -3.38. The van der Waals surface area contributed by atoms with E-state index in [2.05, 4.69) is 6.92 Å². The second-order valence-corrected chi connectivity index (χ2v) is 11.8. The third-order valence-corrected chi connectivity index (χ3v) is 7.99. The van der Waals surface area contributed by atoms with Gasteiger partial charge in [-0.3, -0.25) is 9.69 Å². The van der Waals surface area contributed by atoms with Crippen LogP contribution in [0.3, 0.4) is 0 Å². The maximum absolute atomic E-state index is 13.7. The molecule has 7 nitrogen and oxygen atoms in total. The van der Waals surface area contributed by atoms with Crippen LogP contribution in [0.5, 0.6) is 5.75 Å². The molecule has 1 aliphatic rings. The molecule has 3 rings (SSSR count). The molecule has 2 aromatic rings. The summed E-state index contributed by atoms with van der Waals surface area (Å²) < 4.78 is 29.1. The second-order valence-electron chi connectivity index (χ2n) is 8.62. The summed E-state index contributed by atoms with van der Waals surface area (Å²) in [5.41, 5.74) is 0.855. The monoisotopic (exact) mass is 479 g/mol. The van der Waals surface area contributed by atoms with Gasteiger partial charge in [-0.1, -0.05) is 37.3 Å². The molecule has 1 aromatic heterocycles. The number of sulfone groups is 1. The molecule has 1 saturated carbocycles. The lowest BCUT2D eigenvalue weighted by Crippen LogP contribution is -2.46. The molecule has 1 N–H and O–H groups in total. The standard InChI is InChI=1S/C23H29NO6S2/c1-15-9-11-18(12-10-15)21(25)24(16(2)14-32(3,28)29)22-19(30-23(26)27)13-20(31-22)17-7-5-4-6-8-17/h4-8,13,15-16,18H,9-12,14H2,1-3H3,(H,26,27). The summed E-state index contributed by atoms with van der Waals surface area (Å²) in [5.74, 6) is -0.0390. The molecule has 1 atom stereocenters. The fraction of sp³-hybridized carbons (Fsp3) is 0.478. The van der Waals surface area contributed by atoms with E-state index in [4.69, 9.17) is 4.74 Å². The Hall–Kier alpha value is -2.39. The highest BCUT2D eigenvalue weighted by molar-refractivity contribution is 7.90. The van der Waals surface area contributed by atoms with E-state index >= 15 is 0 Å². The Labute approximate surface area is 192 Å². The quantitative estimate of drug-likeness (QED) is 0.557. The number of amides is 1. The topological polar surface area (TPSA) is 101 Å². The Balaban J connectivity index is 2.06. The van der Waals surface area contributed by atoms with E-state index in [0.717, 1.165) is 42.4 Å². The number of thiophene rings is 1. The van der Waals surface area contributed by atoms with Crippen LogP contribution in [0.2, 0.25) is 0 Å². The summed E-state index contributed by atoms with van der Waals surface area (Å²) in [4.78, 5) is 27.2. The van der Waals surface area contributed by atoms with Crippen LogP contribution in [0.1, 0.15) is 39.5 Å². The average molecular weight is 480 g/mol. The molecule has 1 amide bonds. The molecule has 0 saturated heterocycles. The van der Waals surface area contributed by atoms with E-state index in [1.807, 2.05) is 30.3 Å². The van der Waals surface area contributed by atoms with Crippen LogP contribution in [0.25, 0.3) is 10.4 Å². The second kappa shape index (κ2) is 10.0. The molecule has 1 aromatic carbocycles. The van der Waals surface area contributed by atoms with Crippen molar-refractivity contribution in [3.05, 3.63) is 36.4 Å². The summed E-state index contributed by atoms with van der Waals surface area (Å²) in [6.45, 7) is 3.84. The molecule has 0 radical (unpaired) electrons. The molecule has 1 fully saturated rings. The van der Waals surface area contributed by atoms with E-state index < -0.39 is 22.0 Å². The van der Waals surface area contributed by atoms with Crippen LogP contribution in [0, 0.1) is 11.8 Å². The average Bonchev–Trinajstić information content (AvgIpc) is 3.10. The normalized spacial score (nSPS) is 19.8. The molecule has 0 bridgehead atoms. The highest BCUT2D eigenvalue weighted by Gasteiger charge is 2.35. The number of hydrogen-bond donors (Lipinski definition) is 1. The molecule has 1 heterocycles. The van der Waals surface area contributed by atoms with Crippen LogP contribution in [0.15, 0.2) is 36.4 Å². The SMILES string of the molecule is CC1CCC(C(=O)N(c2sc(-c3ccccc3)cc2OC(=O)O)C(C)CS(C)(=O)=O)CC1. The highest BCUT2D eigenvalue weighted by atomic mass is 32.2. The summed E-state index contributed by atoms with van der Waals surface area (Å²) in [5, 5.41) is 9.60. The van der Waals surface area contributed by atoms with Crippen molar-refractivity contribution in [3.8, 4) is 16.2 Å². The number of benzene rings is 1. The number of rotatable bonds is 7. The Bertz CT molecular complexity index is 1060. The Kier molecular flexibility index (Phi) is 7.61. The third kappa shape index (κ3) is 6.10. The molecule has 1 aliphatic carbocycles. The van der Waals surface area contributed by atoms with Crippen molar-refractivity contribution in [3.63, 3.8) is 0 Å². The van der Waals surface area contributed by atoms with Gasteiger partial charge in [0.2, 0.25) is 5.91 Å². The minimum absolute atomic E-state index is 0.0410. The first-order valence-electron chi connectivity index (χ1n) is 10.7. The zero-order chi connectivity index (χ0) is 23.5. The van der Waals surface area contributed by atoms with Gasteiger partial charge in [0.05, 0.1) is 5.75 Å². The maximum atomic E-state index is 13.7. The van der Waals surface area contributed by atoms with E-state index in [1.54, 1.807) is 13.0 Å². The minimum Gasteiger partial charge on any atom is -0.449 e. The summed E-state index contributed by atoms with van der Waals surface area (Å²) in [6, 6.07) is 10.3.